The van der Waals surface area contributed by atoms with Crippen LogP contribution in [0.15, 0.2) is 36.5 Å². The summed E-state index contributed by atoms with van der Waals surface area (Å²) < 4.78 is 0. The maximum absolute atomic E-state index is 5.82. The van der Waals surface area contributed by atoms with Gasteiger partial charge in [-0.05, 0) is 31.9 Å². The lowest BCUT2D eigenvalue weighted by molar-refractivity contribution is 0.684. The highest BCUT2D eigenvalue weighted by Crippen LogP contribution is 2.23. The summed E-state index contributed by atoms with van der Waals surface area (Å²) in [4.78, 5) is 2.32. The minimum atomic E-state index is 0.182. The first-order valence-electron chi connectivity index (χ1n) is 5.84. The van der Waals surface area contributed by atoms with Gasteiger partial charge >= 0.3 is 0 Å². The van der Waals surface area contributed by atoms with E-state index >= 15 is 0 Å². The second-order valence-corrected chi connectivity index (χ2v) is 4.23. The van der Waals surface area contributed by atoms with Gasteiger partial charge in [0.25, 0.3) is 0 Å². The lowest BCUT2D eigenvalue weighted by Crippen LogP contribution is -2.37. The van der Waals surface area contributed by atoms with Gasteiger partial charge in [-0.1, -0.05) is 31.7 Å². The summed E-state index contributed by atoms with van der Waals surface area (Å²) in [6.45, 7) is 11.3. The van der Waals surface area contributed by atoms with Crippen LogP contribution in [0.1, 0.15) is 25.8 Å². The standard InChI is InChI=1S/C14H22N2/c1-5-10-16(13(4)12(3)15)14-9-7-6-8-11(14)2/h6-9,13H,3,5,10,15H2,1-2,4H3. The Morgan fingerprint density at radius 2 is 2.06 bits per heavy atom. The summed E-state index contributed by atoms with van der Waals surface area (Å²) in [6, 6.07) is 8.58. The van der Waals surface area contributed by atoms with Gasteiger partial charge in [-0.2, -0.15) is 0 Å². The summed E-state index contributed by atoms with van der Waals surface area (Å²) in [5.74, 6) is 0. The zero-order chi connectivity index (χ0) is 12.1. The normalized spacial score (nSPS) is 12.2. The van der Waals surface area contributed by atoms with Crippen LogP contribution in [0.3, 0.4) is 0 Å². The molecule has 0 saturated heterocycles. The molecule has 2 N–H and O–H groups in total. The molecule has 1 aromatic carbocycles. The van der Waals surface area contributed by atoms with Gasteiger partial charge in [0.1, 0.15) is 0 Å². The number of nitrogens with zero attached hydrogens (tertiary/aromatic N) is 1. The Balaban J connectivity index is 3.02. The molecule has 0 aliphatic carbocycles. The predicted molar refractivity (Wildman–Crippen MR) is 71.6 cm³/mol. The lowest BCUT2D eigenvalue weighted by Gasteiger charge is -2.32. The van der Waals surface area contributed by atoms with Crippen LogP contribution in [0.5, 0.6) is 0 Å². The van der Waals surface area contributed by atoms with Crippen molar-refractivity contribution in [3.05, 3.63) is 42.1 Å². The molecule has 2 nitrogen and oxygen atoms in total. The number of hydrogen-bond acceptors (Lipinski definition) is 2. The highest BCUT2D eigenvalue weighted by Gasteiger charge is 2.15. The van der Waals surface area contributed by atoms with Crippen LogP contribution in [0.2, 0.25) is 0 Å². The third-order valence-electron chi connectivity index (χ3n) is 2.89. The Labute approximate surface area is 98.8 Å². The van der Waals surface area contributed by atoms with E-state index in [1.165, 1.54) is 11.3 Å². The third kappa shape index (κ3) is 2.78. The van der Waals surface area contributed by atoms with E-state index in [2.05, 4.69) is 56.5 Å². The summed E-state index contributed by atoms with van der Waals surface area (Å²) in [6.07, 6.45) is 1.10. The smallest absolute Gasteiger partial charge is 0.0652 e. The maximum Gasteiger partial charge on any atom is 0.0652 e. The van der Waals surface area contributed by atoms with Gasteiger partial charge in [0, 0.05) is 17.9 Å². The molecule has 1 unspecified atom stereocenters. The van der Waals surface area contributed by atoms with Gasteiger partial charge in [0.15, 0.2) is 0 Å². The molecule has 1 aromatic rings. The molecular weight excluding hydrogens is 196 g/mol. The molecule has 0 spiro atoms. The van der Waals surface area contributed by atoms with E-state index in [4.69, 9.17) is 5.73 Å². The fourth-order valence-electron chi connectivity index (χ4n) is 1.85. The van der Waals surface area contributed by atoms with Gasteiger partial charge in [0.05, 0.1) is 6.04 Å². The average molecular weight is 218 g/mol. The zero-order valence-corrected chi connectivity index (χ0v) is 10.5. The van der Waals surface area contributed by atoms with Crippen LogP contribution >= 0.6 is 0 Å². The van der Waals surface area contributed by atoms with E-state index in [1.807, 2.05) is 0 Å². The van der Waals surface area contributed by atoms with Gasteiger partial charge in [-0.15, -0.1) is 0 Å². The second kappa shape index (κ2) is 5.59. The molecule has 0 saturated carbocycles. The molecule has 0 amide bonds. The zero-order valence-electron chi connectivity index (χ0n) is 10.5. The van der Waals surface area contributed by atoms with Crippen molar-refractivity contribution in [2.75, 3.05) is 11.4 Å². The number of rotatable bonds is 5. The molecule has 0 heterocycles. The monoisotopic (exact) mass is 218 g/mol. The van der Waals surface area contributed by atoms with Gasteiger partial charge in [0.2, 0.25) is 0 Å². The Kier molecular flexibility index (Phi) is 4.41. The Hall–Kier alpha value is -1.44. The Bertz CT molecular complexity index is 358. The van der Waals surface area contributed by atoms with Crippen molar-refractivity contribution in [2.45, 2.75) is 33.2 Å². The number of aryl methyl sites for hydroxylation is 1. The molecule has 2 heteroatoms. The van der Waals surface area contributed by atoms with Crippen LogP contribution in [0.4, 0.5) is 5.69 Å². The van der Waals surface area contributed by atoms with Crippen molar-refractivity contribution in [1.82, 2.24) is 0 Å². The van der Waals surface area contributed by atoms with E-state index in [0.29, 0.717) is 0 Å². The SMILES string of the molecule is C=C(N)C(C)N(CCC)c1ccccc1C. The fraction of sp³-hybridized carbons (Fsp3) is 0.429. The van der Waals surface area contributed by atoms with Gasteiger partial charge < -0.3 is 10.6 Å². The molecule has 0 fully saturated rings. The fourth-order valence-corrected chi connectivity index (χ4v) is 1.85. The average Bonchev–Trinajstić information content (AvgIpc) is 2.26. The summed E-state index contributed by atoms with van der Waals surface area (Å²) in [5.41, 5.74) is 9.07. The molecule has 88 valence electrons. The van der Waals surface area contributed by atoms with Crippen LogP contribution in [0, 0.1) is 6.92 Å². The molecule has 16 heavy (non-hydrogen) atoms. The maximum atomic E-state index is 5.82. The Morgan fingerprint density at radius 3 is 2.56 bits per heavy atom. The number of anilines is 1. The van der Waals surface area contributed by atoms with E-state index < -0.39 is 0 Å². The van der Waals surface area contributed by atoms with Crippen molar-refractivity contribution < 1.29 is 0 Å². The van der Waals surface area contributed by atoms with Crippen LogP contribution in [-0.2, 0) is 0 Å². The van der Waals surface area contributed by atoms with Crippen molar-refractivity contribution >= 4 is 5.69 Å². The summed E-state index contributed by atoms with van der Waals surface area (Å²) >= 11 is 0. The number of para-hydroxylation sites is 1. The highest BCUT2D eigenvalue weighted by molar-refractivity contribution is 5.54. The van der Waals surface area contributed by atoms with Crippen molar-refractivity contribution in [1.29, 1.82) is 0 Å². The molecule has 0 aromatic heterocycles. The number of benzene rings is 1. The predicted octanol–water partition coefficient (Wildman–Crippen LogP) is 3.07. The van der Waals surface area contributed by atoms with E-state index in [1.54, 1.807) is 0 Å². The molecule has 0 aliphatic heterocycles. The highest BCUT2D eigenvalue weighted by atomic mass is 15.2. The van der Waals surface area contributed by atoms with Crippen molar-refractivity contribution in [3.63, 3.8) is 0 Å². The lowest BCUT2D eigenvalue weighted by atomic mass is 10.1. The van der Waals surface area contributed by atoms with E-state index in [0.717, 1.165) is 18.7 Å². The number of nitrogens with two attached hydrogens (primary N) is 1. The quantitative estimate of drug-likeness (QED) is 0.823. The first-order valence-corrected chi connectivity index (χ1v) is 5.84. The van der Waals surface area contributed by atoms with Gasteiger partial charge in [-0.25, -0.2) is 0 Å². The topological polar surface area (TPSA) is 29.3 Å². The second-order valence-electron chi connectivity index (χ2n) is 4.23. The molecule has 1 atom stereocenters. The molecule has 0 aliphatic rings. The molecular formula is C14H22N2. The van der Waals surface area contributed by atoms with Crippen LogP contribution in [-0.4, -0.2) is 12.6 Å². The number of hydrogen-bond donors (Lipinski definition) is 1. The van der Waals surface area contributed by atoms with Crippen LogP contribution < -0.4 is 10.6 Å². The van der Waals surface area contributed by atoms with Crippen molar-refractivity contribution in [2.24, 2.45) is 5.73 Å². The van der Waals surface area contributed by atoms with Gasteiger partial charge in [-0.3, -0.25) is 0 Å². The summed E-state index contributed by atoms with van der Waals surface area (Å²) in [7, 11) is 0. The largest absolute Gasteiger partial charge is 0.401 e. The first-order chi connectivity index (χ1) is 7.57. The van der Waals surface area contributed by atoms with Crippen LogP contribution in [0.25, 0.3) is 0 Å². The summed E-state index contributed by atoms with van der Waals surface area (Å²) in [5, 5.41) is 0. The molecule has 0 bridgehead atoms. The first kappa shape index (κ1) is 12.6. The Morgan fingerprint density at radius 1 is 1.44 bits per heavy atom. The molecule has 0 radical (unpaired) electrons. The van der Waals surface area contributed by atoms with E-state index in [9.17, 15) is 0 Å². The molecule has 1 rings (SSSR count). The minimum Gasteiger partial charge on any atom is -0.401 e. The third-order valence-corrected chi connectivity index (χ3v) is 2.89. The minimum absolute atomic E-state index is 0.182. The van der Waals surface area contributed by atoms with E-state index in [-0.39, 0.29) is 6.04 Å². The van der Waals surface area contributed by atoms with Crippen molar-refractivity contribution in [3.8, 4) is 0 Å².